The SMILES string of the molecule is COc1cccc(C(O)(C=Cc2ccccc2)C(F)(F)F)c1. The maximum absolute atomic E-state index is 13.4. The molecule has 0 spiro atoms. The Morgan fingerprint density at radius 1 is 1.00 bits per heavy atom. The largest absolute Gasteiger partial charge is 0.497 e. The molecule has 1 unspecified atom stereocenters. The molecule has 116 valence electrons. The van der Waals surface area contributed by atoms with Gasteiger partial charge < -0.3 is 9.84 Å². The summed E-state index contributed by atoms with van der Waals surface area (Å²) in [5, 5.41) is 10.2. The van der Waals surface area contributed by atoms with Crippen LogP contribution < -0.4 is 4.74 Å². The Balaban J connectivity index is 2.46. The molecule has 0 radical (unpaired) electrons. The second-order valence-corrected chi connectivity index (χ2v) is 4.74. The average molecular weight is 308 g/mol. The minimum Gasteiger partial charge on any atom is -0.497 e. The molecule has 0 amide bonds. The highest BCUT2D eigenvalue weighted by molar-refractivity contribution is 5.52. The standard InChI is InChI=1S/C17H15F3O2/c1-22-15-9-5-8-14(12-15)16(21,17(18,19)20)11-10-13-6-3-2-4-7-13/h2-12,21H,1H3. The van der Waals surface area contributed by atoms with Gasteiger partial charge in [-0.1, -0.05) is 48.5 Å². The van der Waals surface area contributed by atoms with Crippen molar-refractivity contribution in [2.45, 2.75) is 11.8 Å². The van der Waals surface area contributed by atoms with E-state index in [9.17, 15) is 18.3 Å². The van der Waals surface area contributed by atoms with Crippen LogP contribution in [0.4, 0.5) is 13.2 Å². The van der Waals surface area contributed by atoms with Gasteiger partial charge in [-0.15, -0.1) is 0 Å². The van der Waals surface area contributed by atoms with Crippen molar-refractivity contribution >= 4 is 6.08 Å². The second-order valence-electron chi connectivity index (χ2n) is 4.74. The smallest absolute Gasteiger partial charge is 0.425 e. The molecule has 0 aliphatic heterocycles. The van der Waals surface area contributed by atoms with Crippen molar-refractivity contribution in [2.24, 2.45) is 0 Å². The first-order valence-electron chi connectivity index (χ1n) is 6.55. The number of halogens is 3. The number of hydrogen-bond acceptors (Lipinski definition) is 2. The molecule has 2 aromatic rings. The Kier molecular flexibility index (Phi) is 4.56. The van der Waals surface area contributed by atoms with Gasteiger partial charge in [-0.2, -0.15) is 13.2 Å². The van der Waals surface area contributed by atoms with Crippen LogP contribution in [0.25, 0.3) is 6.08 Å². The zero-order valence-electron chi connectivity index (χ0n) is 11.8. The van der Waals surface area contributed by atoms with Crippen molar-refractivity contribution in [2.75, 3.05) is 7.11 Å². The van der Waals surface area contributed by atoms with Gasteiger partial charge in [0.1, 0.15) is 5.75 Å². The summed E-state index contributed by atoms with van der Waals surface area (Å²) in [7, 11) is 1.35. The first-order valence-corrected chi connectivity index (χ1v) is 6.55. The molecule has 22 heavy (non-hydrogen) atoms. The summed E-state index contributed by atoms with van der Waals surface area (Å²) in [4.78, 5) is 0. The van der Waals surface area contributed by atoms with Crippen molar-refractivity contribution in [3.8, 4) is 5.75 Å². The van der Waals surface area contributed by atoms with E-state index < -0.39 is 11.8 Å². The first kappa shape index (κ1) is 16.1. The minimum atomic E-state index is -4.86. The normalized spacial score (nSPS) is 14.8. The number of hydrogen-bond donors (Lipinski definition) is 1. The zero-order valence-corrected chi connectivity index (χ0v) is 11.8. The van der Waals surface area contributed by atoms with Crippen LogP contribution in [0.1, 0.15) is 11.1 Å². The lowest BCUT2D eigenvalue weighted by Gasteiger charge is -2.28. The molecule has 0 aliphatic rings. The fraction of sp³-hybridized carbons (Fsp3) is 0.176. The molecule has 0 aliphatic carbocycles. The molecule has 0 bridgehead atoms. The number of aliphatic hydroxyl groups is 1. The van der Waals surface area contributed by atoms with Gasteiger partial charge in [0, 0.05) is 5.56 Å². The van der Waals surface area contributed by atoms with Crippen LogP contribution >= 0.6 is 0 Å². The van der Waals surface area contributed by atoms with E-state index in [4.69, 9.17) is 4.74 Å². The third-order valence-corrected chi connectivity index (χ3v) is 3.26. The van der Waals surface area contributed by atoms with Crippen LogP contribution in [0, 0.1) is 0 Å². The van der Waals surface area contributed by atoms with Crippen LogP contribution in [0.3, 0.4) is 0 Å². The molecule has 1 N–H and O–H groups in total. The van der Waals surface area contributed by atoms with Crippen LogP contribution in [-0.2, 0) is 5.60 Å². The van der Waals surface area contributed by atoms with Gasteiger partial charge in [-0.05, 0) is 23.8 Å². The third-order valence-electron chi connectivity index (χ3n) is 3.26. The van der Waals surface area contributed by atoms with Gasteiger partial charge >= 0.3 is 6.18 Å². The van der Waals surface area contributed by atoms with E-state index in [-0.39, 0.29) is 11.3 Å². The lowest BCUT2D eigenvalue weighted by Crippen LogP contribution is -2.40. The molecule has 0 saturated carbocycles. The summed E-state index contributed by atoms with van der Waals surface area (Å²) >= 11 is 0. The molecule has 2 aromatic carbocycles. The Labute approximate surface area is 126 Å². The van der Waals surface area contributed by atoms with E-state index in [0.717, 1.165) is 6.08 Å². The predicted octanol–water partition coefficient (Wildman–Crippen LogP) is 4.16. The van der Waals surface area contributed by atoms with Crippen LogP contribution in [0.15, 0.2) is 60.7 Å². The summed E-state index contributed by atoms with van der Waals surface area (Å²) in [5.74, 6) is 0.244. The Hall–Kier alpha value is -2.27. The van der Waals surface area contributed by atoms with E-state index in [2.05, 4.69) is 0 Å². The van der Waals surface area contributed by atoms with Crippen molar-refractivity contribution in [1.29, 1.82) is 0 Å². The average Bonchev–Trinajstić information content (AvgIpc) is 2.52. The van der Waals surface area contributed by atoms with Crippen LogP contribution in [-0.4, -0.2) is 18.4 Å². The molecule has 0 fully saturated rings. The van der Waals surface area contributed by atoms with Gasteiger partial charge in [0.2, 0.25) is 5.60 Å². The molecule has 5 heteroatoms. The van der Waals surface area contributed by atoms with Gasteiger partial charge in [-0.25, -0.2) is 0 Å². The number of methoxy groups -OCH3 is 1. The summed E-state index contributed by atoms with van der Waals surface area (Å²) in [5.41, 5.74) is -2.82. The maximum Gasteiger partial charge on any atom is 0.425 e. The van der Waals surface area contributed by atoms with Crippen molar-refractivity contribution < 1.29 is 23.0 Å². The number of ether oxygens (including phenoxy) is 1. The molecule has 2 nitrogen and oxygen atoms in total. The van der Waals surface area contributed by atoms with Crippen LogP contribution in [0.5, 0.6) is 5.75 Å². The predicted molar refractivity (Wildman–Crippen MR) is 78.4 cm³/mol. The van der Waals surface area contributed by atoms with Crippen LogP contribution in [0.2, 0.25) is 0 Å². The third kappa shape index (κ3) is 3.31. The van der Waals surface area contributed by atoms with E-state index in [1.807, 2.05) is 0 Å². The quantitative estimate of drug-likeness (QED) is 0.919. The zero-order chi connectivity index (χ0) is 16.2. The topological polar surface area (TPSA) is 29.5 Å². The second kappa shape index (κ2) is 6.23. The molecular weight excluding hydrogens is 293 g/mol. The number of alkyl halides is 3. The van der Waals surface area contributed by atoms with Gasteiger partial charge in [0.25, 0.3) is 0 Å². The van der Waals surface area contributed by atoms with Crippen molar-refractivity contribution in [1.82, 2.24) is 0 Å². The Morgan fingerprint density at radius 2 is 1.68 bits per heavy atom. The fourth-order valence-corrected chi connectivity index (χ4v) is 2.00. The van der Waals surface area contributed by atoms with Gasteiger partial charge in [0.05, 0.1) is 7.11 Å². The van der Waals surface area contributed by atoms with Crippen molar-refractivity contribution in [3.05, 3.63) is 71.8 Å². The number of benzene rings is 2. The highest BCUT2D eigenvalue weighted by atomic mass is 19.4. The summed E-state index contributed by atoms with van der Waals surface area (Å²) in [6, 6.07) is 13.8. The van der Waals surface area contributed by atoms with Crippen molar-refractivity contribution in [3.63, 3.8) is 0 Å². The monoisotopic (exact) mass is 308 g/mol. The first-order chi connectivity index (χ1) is 10.4. The molecule has 1 atom stereocenters. The highest BCUT2D eigenvalue weighted by Crippen LogP contribution is 2.41. The van der Waals surface area contributed by atoms with Gasteiger partial charge in [-0.3, -0.25) is 0 Å². The Morgan fingerprint density at radius 3 is 2.27 bits per heavy atom. The van der Waals surface area contributed by atoms with Gasteiger partial charge in [0.15, 0.2) is 0 Å². The Bertz CT molecular complexity index is 650. The summed E-state index contributed by atoms with van der Waals surface area (Å²) in [6.07, 6.45) is -2.87. The lowest BCUT2D eigenvalue weighted by atomic mass is 9.91. The molecule has 0 aromatic heterocycles. The van der Waals surface area contributed by atoms with E-state index >= 15 is 0 Å². The minimum absolute atomic E-state index is 0.244. The maximum atomic E-state index is 13.4. The molecule has 0 heterocycles. The molecular formula is C17H15F3O2. The summed E-state index contributed by atoms with van der Waals surface area (Å²) in [6.45, 7) is 0. The summed E-state index contributed by atoms with van der Waals surface area (Å²) < 4.78 is 45.1. The number of rotatable bonds is 4. The molecule has 2 rings (SSSR count). The lowest BCUT2D eigenvalue weighted by molar-refractivity contribution is -0.245. The molecule has 0 saturated heterocycles. The van der Waals surface area contributed by atoms with E-state index in [1.54, 1.807) is 30.3 Å². The fourth-order valence-electron chi connectivity index (χ4n) is 2.00. The highest BCUT2D eigenvalue weighted by Gasteiger charge is 2.53. The van der Waals surface area contributed by atoms with E-state index in [1.165, 1.54) is 37.5 Å². The van der Waals surface area contributed by atoms with E-state index in [0.29, 0.717) is 5.56 Å².